The van der Waals surface area contributed by atoms with Crippen molar-refractivity contribution in [2.75, 3.05) is 5.73 Å². The summed E-state index contributed by atoms with van der Waals surface area (Å²) in [6.45, 7) is 0. The molecule has 21 heavy (non-hydrogen) atoms. The summed E-state index contributed by atoms with van der Waals surface area (Å²) in [5.41, 5.74) is 6.64. The van der Waals surface area contributed by atoms with E-state index in [1.807, 2.05) is 36.4 Å². The fraction of sp³-hybridized carbons (Fsp3) is 0. The average Bonchev–Trinajstić information content (AvgIpc) is 2.49. The molecule has 0 aliphatic rings. The van der Waals surface area contributed by atoms with Crippen LogP contribution in [-0.4, -0.2) is 0 Å². The van der Waals surface area contributed by atoms with Crippen molar-refractivity contribution < 1.29 is 4.74 Å². The second-order valence-electron chi connectivity index (χ2n) is 4.62. The van der Waals surface area contributed by atoms with Gasteiger partial charge in [0.1, 0.15) is 17.6 Å². The van der Waals surface area contributed by atoms with Gasteiger partial charge in [-0.15, -0.1) is 0 Å². The Morgan fingerprint density at radius 1 is 0.952 bits per heavy atom. The van der Waals surface area contributed by atoms with Gasteiger partial charge in [-0.3, -0.25) is 0 Å². The number of rotatable bonds is 2. The molecule has 0 saturated heterocycles. The van der Waals surface area contributed by atoms with E-state index >= 15 is 0 Å². The summed E-state index contributed by atoms with van der Waals surface area (Å²) in [5, 5.41) is 11.3. The maximum Gasteiger partial charge on any atom is 0.145 e. The van der Waals surface area contributed by atoms with E-state index in [4.69, 9.17) is 15.7 Å². The first kappa shape index (κ1) is 13.5. The van der Waals surface area contributed by atoms with E-state index in [1.54, 1.807) is 18.2 Å². The third-order valence-electron chi connectivity index (χ3n) is 3.13. The lowest BCUT2D eigenvalue weighted by Crippen LogP contribution is -1.91. The molecule has 102 valence electrons. The van der Waals surface area contributed by atoms with Gasteiger partial charge < -0.3 is 10.5 Å². The van der Waals surface area contributed by atoms with Gasteiger partial charge >= 0.3 is 0 Å². The molecule has 0 amide bonds. The summed E-state index contributed by atoms with van der Waals surface area (Å²) >= 11 is 3.45. The minimum Gasteiger partial charge on any atom is -0.456 e. The van der Waals surface area contributed by atoms with Crippen LogP contribution in [0.25, 0.3) is 10.8 Å². The maximum atomic E-state index is 9.13. The number of hydrogen-bond donors (Lipinski definition) is 1. The standard InChI is InChI=1S/C17H11BrN2O/c18-14-3-1-12-9-16(5-2-11(12)7-14)21-17-6-4-15(20)8-13(17)10-19/h1-9H,20H2. The zero-order valence-electron chi connectivity index (χ0n) is 11.0. The molecule has 4 heteroatoms. The molecular formula is C17H11BrN2O. The second-order valence-corrected chi connectivity index (χ2v) is 5.54. The lowest BCUT2D eigenvalue weighted by atomic mass is 10.1. The van der Waals surface area contributed by atoms with Crippen LogP contribution in [0, 0.1) is 11.3 Å². The quantitative estimate of drug-likeness (QED) is 0.679. The van der Waals surface area contributed by atoms with Crippen LogP contribution in [0.3, 0.4) is 0 Å². The number of ether oxygens (including phenoxy) is 1. The van der Waals surface area contributed by atoms with Crippen molar-refractivity contribution in [3.8, 4) is 17.6 Å². The average molecular weight is 339 g/mol. The molecule has 2 N–H and O–H groups in total. The largest absolute Gasteiger partial charge is 0.456 e. The highest BCUT2D eigenvalue weighted by Gasteiger charge is 2.06. The van der Waals surface area contributed by atoms with Crippen molar-refractivity contribution in [2.24, 2.45) is 0 Å². The summed E-state index contributed by atoms with van der Waals surface area (Å²) in [5.74, 6) is 1.19. The number of nitrogens with two attached hydrogens (primary N) is 1. The molecule has 3 aromatic rings. The van der Waals surface area contributed by atoms with Crippen molar-refractivity contribution in [1.82, 2.24) is 0 Å². The minimum absolute atomic E-state index is 0.422. The van der Waals surface area contributed by atoms with Gasteiger partial charge in [-0.2, -0.15) is 5.26 Å². The second kappa shape index (κ2) is 5.47. The summed E-state index contributed by atoms with van der Waals surface area (Å²) in [6, 6.07) is 19.0. The molecule has 0 heterocycles. The Morgan fingerprint density at radius 3 is 2.52 bits per heavy atom. The highest BCUT2D eigenvalue weighted by molar-refractivity contribution is 9.10. The van der Waals surface area contributed by atoms with E-state index in [-0.39, 0.29) is 0 Å². The van der Waals surface area contributed by atoms with Gasteiger partial charge in [-0.25, -0.2) is 0 Å². The molecule has 0 saturated carbocycles. The number of nitrogens with zero attached hydrogens (tertiary/aromatic N) is 1. The molecule has 0 bridgehead atoms. The van der Waals surface area contributed by atoms with Gasteiger partial charge in [-0.05, 0) is 53.2 Å². The van der Waals surface area contributed by atoms with Crippen LogP contribution in [0.1, 0.15) is 5.56 Å². The lowest BCUT2D eigenvalue weighted by molar-refractivity contribution is 0.482. The van der Waals surface area contributed by atoms with Crippen LogP contribution in [0.4, 0.5) is 5.69 Å². The van der Waals surface area contributed by atoms with Crippen molar-refractivity contribution in [3.63, 3.8) is 0 Å². The third kappa shape index (κ3) is 2.83. The van der Waals surface area contributed by atoms with E-state index in [9.17, 15) is 0 Å². The number of fused-ring (bicyclic) bond motifs is 1. The molecular weight excluding hydrogens is 328 g/mol. The molecule has 0 aromatic heterocycles. The lowest BCUT2D eigenvalue weighted by Gasteiger charge is -2.09. The highest BCUT2D eigenvalue weighted by atomic mass is 79.9. The van der Waals surface area contributed by atoms with Gasteiger partial charge in [0.15, 0.2) is 0 Å². The number of nitriles is 1. The van der Waals surface area contributed by atoms with Gasteiger partial charge in [0.05, 0.1) is 5.56 Å². The predicted molar refractivity (Wildman–Crippen MR) is 87.3 cm³/mol. The highest BCUT2D eigenvalue weighted by Crippen LogP contribution is 2.29. The zero-order valence-corrected chi connectivity index (χ0v) is 12.6. The third-order valence-corrected chi connectivity index (χ3v) is 3.62. The molecule has 0 aliphatic carbocycles. The van der Waals surface area contributed by atoms with E-state index in [0.29, 0.717) is 22.7 Å². The number of hydrogen-bond acceptors (Lipinski definition) is 3. The van der Waals surface area contributed by atoms with Crippen LogP contribution >= 0.6 is 15.9 Å². The van der Waals surface area contributed by atoms with Crippen molar-refractivity contribution in [3.05, 3.63) is 64.6 Å². The molecule has 0 fully saturated rings. The van der Waals surface area contributed by atoms with Gasteiger partial charge in [0, 0.05) is 10.2 Å². The SMILES string of the molecule is N#Cc1cc(N)ccc1Oc1ccc2cc(Br)ccc2c1. The Hall–Kier alpha value is -2.51. The van der Waals surface area contributed by atoms with Gasteiger partial charge in [0.25, 0.3) is 0 Å². The molecule has 0 atom stereocenters. The molecule has 0 unspecified atom stereocenters. The summed E-state index contributed by atoms with van der Waals surface area (Å²) in [4.78, 5) is 0. The Bertz CT molecular complexity index is 868. The summed E-state index contributed by atoms with van der Waals surface area (Å²) < 4.78 is 6.84. The predicted octanol–water partition coefficient (Wildman–Crippen LogP) is 4.85. The molecule has 3 nitrogen and oxygen atoms in total. The zero-order chi connectivity index (χ0) is 14.8. The van der Waals surface area contributed by atoms with E-state index < -0.39 is 0 Å². The van der Waals surface area contributed by atoms with Crippen LogP contribution < -0.4 is 10.5 Å². The van der Waals surface area contributed by atoms with Gasteiger partial charge in [-0.1, -0.05) is 28.1 Å². The monoisotopic (exact) mass is 338 g/mol. The number of anilines is 1. The topological polar surface area (TPSA) is 59.0 Å². The fourth-order valence-electron chi connectivity index (χ4n) is 2.11. The summed E-state index contributed by atoms with van der Waals surface area (Å²) in [7, 11) is 0. The minimum atomic E-state index is 0.422. The first-order valence-electron chi connectivity index (χ1n) is 6.32. The molecule has 3 aromatic carbocycles. The molecule has 0 aliphatic heterocycles. The first-order valence-corrected chi connectivity index (χ1v) is 7.12. The molecule has 3 rings (SSSR count). The maximum absolute atomic E-state index is 9.13. The van der Waals surface area contributed by atoms with Crippen LogP contribution in [-0.2, 0) is 0 Å². The number of halogens is 1. The first-order chi connectivity index (χ1) is 10.2. The Balaban J connectivity index is 1.99. The van der Waals surface area contributed by atoms with Crippen molar-refractivity contribution in [2.45, 2.75) is 0 Å². The number of benzene rings is 3. The Kier molecular flexibility index (Phi) is 3.51. The van der Waals surface area contributed by atoms with Crippen LogP contribution in [0.2, 0.25) is 0 Å². The normalized spacial score (nSPS) is 10.3. The van der Waals surface area contributed by atoms with Gasteiger partial charge in [0.2, 0.25) is 0 Å². The summed E-state index contributed by atoms with van der Waals surface area (Å²) in [6.07, 6.45) is 0. The Morgan fingerprint density at radius 2 is 1.71 bits per heavy atom. The Labute approximate surface area is 130 Å². The van der Waals surface area contributed by atoms with Crippen molar-refractivity contribution >= 4 is 32.4 Å². The van der Waals surface area contributed by atoms with Crippen LogP contribution in [0.5, 0.6) is 11.5 Å². The van der Waals surface area contributed by atoms with Crippen LogP contribution in [0.15, 0.2) is 59.1 Å². The smallest absolute Gasteiger partial charge is 0.145 e. The molecule has 0 spiro atoms. The van der Waals surface area contributed by atoms with E-state index in [1.165, 1.54) is 0 Å². The number of nitrogen functional groups attached to an aromatic ring is 1. The van der Waals surface area contributed by atoms with E-state index in [0.717, 1.165) is 15.2 Å². The van der Waals surface area contributed by atoms with Crippen molar-refractivity contribution in [1.29, 1.82) is 5.26 Å². The fourth-order valence-corrected chi connectivity index (χ4v) is 2.49. The molecule has 0 radical (unpaired) electrons. The van der Waals surface area contributed by atoms with E-state index in [2.05, 4.69) is 22.0 Å².